The van der Waals surface area contributed by atoms with Gasteiger partial charge in [0.1, 0.15) is 12.4 Å². The number of nitrogens with zero attached hydrogens (tertiary/aromatic N) is 1. The number of pyridine rings is 1. The number of rotatable bonds is 6. The van der Waals surface area contributed by atoms with Gasteiger partial charge >= 0.3 is 6.18 Å². The summed E-state index contributed by atoms with van der Waals surface area (Å²) in [5, 5.41) is 2.81. The maximum atomic E-state index is 12.6. The number of carbonyl (C=O) groups is 1. The van der Waals surface area contributed by atoms with Gasteiger partial charge in [-0.25, -0.2) is 0 Å². The van der Waals surface area contributed by atoms with E-state index in [1.807, 2.05) is 12.1 Å². The highest BCUT2D eigenvalue weighted by Gasteiger charge is 2.29. The van der Waals surface area contributed by atoms with Crippen LogP contribution >= 0.6 is 0 Å². The predicted molar refractivity (Wildman–Crippen MR) is 97.6 cm³/mol. The van der Waals surface area contributed by atoms with Crippen molar-refractivity contribution in [1.82, 2.24) is 10.3 Å². The summed E-state index contributed by atoms with van der Waals surface area (Å²) in [5.41, 5.74) is 1.35. The Morgan fingerprint density at radius 1 is 0.893 bits per heavy atom. The maximum Gasteiger partial charge on any atom is 0.416 e. The van der Waals surface area contributed by atoms with Gasteiger partial charge in [0.15, 0.2) is 0 Å². The number of benzene rings is 2. The van der Waals surface area contributed by atoms with E-state index in [2.05, 4.69) is 10.3 Å². The van der Waals surface area contributed by atoms with Crippen LogP contribution in [0.5, 0.6) is 5.75 Å². The van der Waals surface area contributed by atoms with Gasteiger partial charge in [-0.15, -0.1) is 0 Å². The normalized spacial score (nSPS) is 11.1. The standard InChI is InChI=1S/C21H17F3N2O2/c22-21(23,24)18-5-1-16(2-6-18)14-28-19-7-3-17(4-8-19)20(27)26-13-15-9-11-25-12-10-15/h1-12H,13-14H2,(H,26,27). The molecule has 0 fully saturated rings. The molecule has 2 aromatic carbocycles. The highest BCUT2D eigenvalue weighted by Crippen LogP contribution is 2.29. The Bertz CT molecular complexity index is 909. The molecule has 7 heteroatoms. The Balaban J connectivity index is 1.52. The van der Waals surface area contributed by atoms with Gasteiger partial charge in [0.05, 0.1) is 5.56 Å². The molecule has 0 aliphatic carbocycles. The highest BCUT2D eigenvalue weighted by molar-refractivity contribution is 5.94. The zero-order valence-electron chi connectivity index (χ0n) is 14.7. The minimum Gasteiger partial charge on any atom is -0.489 e. The molecular formula is C21H17F3N2O2. The number of halogens is 3. The van der Waals surface area contributed by atoms with E-state index in [4.69, 9.17) is 4.74 Å². The van der Waals surface area contributed by atoms with E-state index in [0.29, 0.717) is 23.4 Å². The van der Waals surface area contributed by atoms with E-state index >= 15 is 0 Å². The number of hydrogen-bond acceptors (Lipinski definition) is 3. The first-order chi connectivity index (χ1) is 13.4. The summed E-state index contributed by atoms with van der Waals surface area (Å²) in [6, 6.07) is 15.0. The Kier molecular flexibility index (Phi) is 5.93. The van der Waals surface area contributed by atoms with E-state index < -0.39 is 11.7 Å². The number of hydrogen-bond donors (Lipinski definition) is 1. The van der Waals surface area contributed by atoms with Crippen LogP contribution < -0.4 is 10.1 Å². The molecule has 0 bridgehead atoms. The lowest BCUT2D eigenvalue weighted by atomic mass is 10.1. The van der Waals surface area contributed by atoms with Crippen LogP contribution in [0.1, 0.15) is 27.0 Å². The van der Waals surface area contributed by atoms with Crippen molar-refractivity contribution in [2.45, 2.75) is 19.3 Å². The third kappa shape index (κ3) is 5.33. The molecule has 1 heterocycles. The minimum absolute atomic E-state index is 0.131. The zero-order valence-corrected chi connectivity index (χ0v) is 14.7. The first-order valence-corrected chi connectivity index (χ1v) is 8.48. The zero-order chi connectivity index (χ0) is 20.0. The molecule has 144 valence electrons. The van der Waals surface area contributed by atoms with E-state index in [1.54, 1.807) is 36.7 Å². The van der Waals surface area contributed by atoms with Crippen molar-refractivity contribution in [2.24, 2.45) is 0 Å². The highest BCUT2D eigenvalue weighted by atomic mass is 19.4. The molecule has 1 amide bonds. The molecule has 0 aliphatic heterocycles. The third-order valence-corrected chi connectivity index (χ3v) is 4.01. The van der Waals surface area contributed by atoms with Crippen molar-refractivity contribution in [3.8, 4) is 5.75 Å². The van der Waals surface area contributed by atoms with Crippen molar-refractivity contribution in [3.05, 3.63) is 95.3 Å². The Morgan fingerprint density at radius 3 is 2.14 bits per heavy atom. The summed E-state index contributed by atoms with van der Waals surface area (Å²) in [6.07, 6.45) is -1.04. The van der Waals surface area contributed by atoms with E-state index in [1.165, 1.54) is 12.1 Å². The number of ether oxygens (including phenoxy) is 1. The van der Waals surface area contributed by atoms with Gasteiger partial charge in [-0.1, -0.05) is 12.1 Å². The lowest BCUT2D eigenvalue weighted by Gasteiger charge is -2.10. The van der Waals surface area contributed by atoms with Gasteiger partial charge < -0.3 is 10.1 Å². The third-order valence-electron chi connectivity index (χ3n) is 4.01. The summed E-state index contributed by atoms with van der Waals surface area (Å²) in [6.45, 7) is 0.527. The predicted octanol–water partition coefficient (Wildman–Crippen LogP) is 4.61. The number of alkyl halides is 3. The molecule has 0 atom stereocenters. The molecule has 0 unspecified atom stereocenters. The van der Waals surface area contributed by atoms with Crippen molar-refractivity contribution in [3.63, 3.8) is 0 Å². The average molecular weight is 386 g/mol. The van der Waals surface area contributed by atoms with Crippen LogP contribution in [0.3, 0.4) is 0 Å². The minimum atomic E-state index is -4.35. The second-order valence-electron chi connectivity index (χ2n) is 6.05. The quantitative estimate of drug-likeness (QED) is 0.673. The number of amides is 1. The van der Waals surface area contributed by atoms with E-state index in [-0.39, 0.29) is 12.5 Å². The second kappa shape index (κ2) is 8.56. The lowest BCUT2D eigenvalue weighted by Crippen LogP contribution is -2.22. The van der Waals surface area contributed by atoms with Crippen LogP contribution in [0.2, 0.25) is 0 Å². The fourth-order valence-electron chi connectivity index (χ4n) is 2.44. The monoisotopic (exact) mass is 386 g/mol. The lowest BCUT2D eigenvalue weighted by molar-refractivity contribution is -0.137. The van der Waals surface area contributed by atoms with Crippen molar-refractivity contribution >= 4 is 5.91 Å². The molecule has 1 N–H and O–H groups in total. The Hall–Kier alpha value is -3.35. The molecule has 3 aromatic rings. The molecule has 1 aromatic heterocycles. The summed E-state index contributed by atoms with van der Waals surface area (Å²) in [7, 11) is 0. The molecule has 0 saturated carbocycles. The van der Waals surface area contributed by atoms with Crippen molar-refractivity contribution in [1.29, 1.82) is 0 Å². The molecule has 4 nitrogen and oxygen atoms in total. The first-order valence-electron chi connectivity index (χ1n) is 8.48. The second-order valence-corrected chi connectivity index (χ2v) is 6.05. The van der Waals surface area contributed by atoms with Crippen LogP contribution in [0.4, 0.5) is 13.2 Å². The van der Waals surface area contributed by atoms with Crippen LogP contribution in [0, 0.1) is 0 Å². The maximum absolute atomic E-state index is 12.6. The van der Waals surface area contributed by atoms with Gasteiger partial charge in [0, 0.05) is 24.5 Å². The molecule has 28 heavy (non-hydrogen) atoms. The number of aromatic nitrogens is 1. The fraction of sp³-hybridized carbons (Fsp3) is 0.143. The van der Waals surface area contributed by atoms with Gasteiger partial charge in [-0.3, -0.25) is 9.78 Å². The smallest absolute Gasteiger partial charge is 0.416 e. The van der Waals surface area contributed by atoms with Gasteiger partial charge in [-0.05, 0) is 59.7 Å². The number of carbonyl (C=O) groups excluding carboxylic acids is 1. The average Bonchev–Trinajstić information content (AvgIpc) is 2.71. The van der Waals surface area contributed by atoms with Crippen LogP contribution in [-0.4, -0.2) is 10.9 Å². The summed E-state index contributed by atoms with van der Waals surface area (Å²) in [5.74, 6) is 0.302. The van der Waals surface area contributed by atoms with Crippen LogP contribution in [-0.2, 0) is 19.3 Å². The summed E-state index contributed by atoms with van der Waals surface area (Å²) >= 11 is 0. The topological polar surface area (TPSA) is 51.2 Å². The van der Waals surface area contributed by atoms with Gasteiger partial charge in [-0.2, -0.15) is 13.2 Å². The molecule has 3 rings (SSSR count). The van der Waals surface area contributed by atoms with Gasteiger partial charge in [0.2, 0.25) is 0 Å². The summed E-state index contributed by atoms with van der Waals surface area (Å²) < 4.78 is 43.2. The largest absolute Gasteiger partial charge is 0.489 e. The van der Waals surface area contributed by atoms with Gasteiger partial charge in [0.25, 0.3) is 5.91 Å². The van der Waals surface area contributed by atoms with Crippen LogP contribution in [0.25, 0.3) is 0 Å². The summed E-state index contributed by atoms with van der Waals surface area (Å²) in [4.78, 5) is 16.1. The molecule has 0 spiro atoms. The molecule has 0 saturated heterocycles. The van der Waals surface area contributed by atoms with Crippen molar-refractivity contribution in [2.75, 3.05) is 0 Å². The molecule has 0 aliphatic rings. The SMILES string of the molecule is O=C(NCc1ccncc1)c1ccc(OCc2ccc(C(F)(F)F)cc2)cc1. The first kappa shape index (κ1) is 19.4. The van der Waals surface area contributed by atoms with E-state index in [9.17, 15) is 18.0 Å². The fourth-order valence-corrected chi connectivity index (χ4v) is 2.44. The Morgan fingerprint density at radius 2 is 1.54 bits per heavy atom. The molecule has 0 radical (unpaired) electrons. The van der Waals surface area contributed by atoms with Crippen molar-refractivity contribution < 1.29 is 22.7 Å². The Labute approximate surface area is 160 Å². The van der Waals surface area contributed by atoms with Crippen LogP contribution in [0.15, 0.2) is 73.1 Å². The molecular weight excluding hydrogens is 369 g/mol. The van der Waals surface area contributed by atoms with E-state index in [0.717, 1.165) is 17.7 Å². The number of nitrogens with one attached hydrogen (secondary N) is 1.